The minimum atomic E-state index is -0.575. The van der Waals surface area contributed by atoms with Gasteiger partial charge in [-0.05, 0) is 24.3 Å². The first-order valence-corrected chi connectivity index (χ1v) is 7.65. The highest BCUT2D eigenvalue weighted by Gasteiger charge is 2.34. The zero-order chi connectivity index (χ0) is 14.5. The van der Waals surface area contributed by atoms with Gasteiger partial charge in [-0.15, -0.1) is 0 Å². The van der Waals surface area contributed by atoms with E-state index in [1.165, 1.54) is 12.8 Å². The van der Waals surface area contributed by atoms with Crippen molar-refractivity contribution >= 4 is 0 Å². The van der Waals surface area contributed by atoms with E-state index in [0.29, 0.717) is 19.0 Å². The third-order valence-corrected chi connectivity index (χ3v) is 3.90. The summed E-state index contributed by atoms with van der Waals surface area (Å²) in [6.07, 6.45) is 1.18. The van der Waals surface area contributed by atoms with Crippen LogP contribution in [-0.2, 0) is 0 Å². The molecule has 1 saturated heterocycles. The van der Waals surface area contributed by atoms with Crippen LogP contribution in [0.15, 0.2) is 0 Å². The molecule has 1 aliphatic heterocycles. The Morgan fingerprint density at radius 1 is 1.26 bits per heavy atom. The molecule has 0 bridgehead atoms. The molecule has 4 nitrogen and oxygen atoms in total. The van der Waals surface area contributed by atoms with Crippen LogP contribution in [0.25, 0.3) is 0 Å². The van der Waals surface area contributed by atoms with Gasteiger partial charge in [-0.2, -0.15) is 0 Å². The molecular formula is C15H32N2O2. The van der Waals surface area contributed by atoms with E-state index in [4.69, 9.17) is 0 Å². The van der Waals surface area contributed by atoms with Gasteiger partial charge in [-0.25, -0.2) is 0 Å². The van der Waals surface area contributed by atoms with E-state index >= 15 is 0 Å². The Morgan fingerprint density at radius 3 is 2.32 bits per heavy atom. The topological polar surface area (TPSA) is 55.7 Å². The van der Waals surface area contributed by atoms with Gasteiger partial charge in [0.15, 0.2) is 0 Å². The van der Waals surface area contributed by atoms with E-state index in [-0.39, 0.29) is 5.41 Å². The molecule has 0 aliphatic carbocycles. The van der Waals surface area contributed by atoms with Crippen molar-refractivity contribution in [3.05, 3.63) is 0 Å². The molecule has 0 aromatic carbocycles. The lowest BCUT2D eigenvalue weighted by atomic mass is 9.84. The minimum Gasteiger partial charge on any atom is -0.389 e. The number of likely N-dealkylation sites (tertiary alicyclic amines) is 1. The van der Waals surface area contributed by atoms with Crippen molar-refractivity contribution < 1.29 is 10.2 Å². The van der Waals surface area contributed by atoms with Gasteiger partial charge in [0, 0.05) is 26.2 Å². The molecule has 1 fully saturated rings. The Bertz CT molecular complexity index is 251. The van der Waals surface area contributed by atoms with E-state index in [1.807, 2.05) is 0 Å². The Labute approximate surface area is 118 Å². The smallest absolute Gasteiger partial charge is 0.0938 e. The Kier molecular flexibility index (Phi) is 6.74. The summed E-state index contributed by atoms with van der Waals surface area (Å²) >= 11 is 0. The molecule has 4 heteroatoms. The first-order chi connectivity index (χ1) is 8.86. The molecule has 0 aromatic heterocycles. The predicted molar refractivity (Wildman–Crippen MR) is 79.2 cm³/mol. The van der Waals surface area contributed by atoms with Crippen molar-refractivity contribution in [2.75, 3.05) is 32.7 Å². The van der Waals surface area contributed by atoms with Gasteiger partial charge in [-0.1, -0.05) is 34.1 Å². The van der Waals surface area contributed by atoms with Crippen LogP contribution in [0, 0.1) is 11.3 Å². The van der Waals surface area contributed by atoms with Gasteiger partial charge in [0.2, 0.25) is 0 Å². The van der Waals surface area contributed by atoms with Crippen molar-refractivity contribution in [3.63, 3.8) is 0 Å². The number of β-amino-alcohol motifs (C(OH)–C–C–N with tert-alkyl or cyclic N) is 2. The quantitative estimate of drug-likeness (QED) is 0.619. The number of nitrogens with zero attached hydrogens (tertiary/aromatic N) is 1. The fraction of sp³-hybridized carbons (Fsp3) is 1.00. The standard InChI is InChI=1S/C15H32N2O2/c1-5-6-15(4,10-16-7-12(2)3)11-17-8-13(18)14(19)9-17/h12-14,16,18-19H,5-11H2,1-4H3. The number of hydrogen-bond donors (Lipinski definition) is 3. The first kappa shape index (κ1) is 16.9. The number of rotatable bonds is 8. The van der Waals surface area contributed by atoms with Gasteiger partial charge >= 0.3 is 0 Å². The van der Waals surface area contributed by atoms with Crippen molar-refractivity contribution in [2.24, 2.45) is 11.3 Å². The second-order valence-corrected chi connectivity index (χ2v) is 6.91. The van der Waals surface area contributed by atoms with Crippen LogP contribution < -0.4 is 5.32 Å². The summed E-state index contributed by atoms with van der Waals surface area (Å²) in [6, 6.07) is 0. The van der Waals surface area contributed by atoms with E-state index in [2.05, 4.69) is 37.9 Å². The van der Waals surface area contributed by atoms with Crippen LogP contribution >= 0.6 is 0 Å². The fourth-order valence-electron chi connectivity index (χ4n) is 3.01. The van der Waals surface area contributed by atoms with Crippen molar-refractivity contribution in [3.8, 4) is 0 Å². The molecule has 0 saturated carbocycles. The number of hydrogen-bond acceptors (Lipinski definition) is 4. The van der Waals surface area contributed by atoms with Crippen LogP contribution in [0.5, 0.6) is 0 Å². The maximum absolute atomic E-state index is 9.64. The molecule has 3 unspecified atom stereocenters. The molecule has 0 spiro atoms. The Hall–Kier alpha value is -0.160. The maximum Gasteiger partial charge on any atom is 0.0938 e. The second-order valence-electron chi connectivity index (χ2n) is 6.91. The van der Waals surface area contributed by atoms with Gasteiger partial charge in [0.05, 0.1) is 12.2 Å². The van der Waals surface area contributed by atoms with Crippen LogP contribution in [0.1, 0.15) is 40.5 Å². The highest BCUT2D eigenvalue weighted by Crippen LogP contribution is 2.26. The molecule has 0 amide bonds. The Balaban J connectivity index is 2.46. The molecule has 0 radical (unpaired) electrons. The fourth-order valence-corrected chi connectivity index (χ4v) is 3.01. The summed E-state index contributed by atoms with van der Waals surface area (Å²) in [6.45, 7) is 13.2. The summed E-state index contributed by atoms with van der Waals surface area (Å²) in [5.74, 6) is 0.668. The summed E-state index contributed by atoms with van der Waals surface area (Å²) in [7, 11) is 0. The lowest BCUT2D eigenvalue weighted by Crippen LogP contribution is -2.42. The normalized spacial score (nSPS) is 27.9. The largest absolute Gasteiger partial charge is 0.389 e. The van der Waals surface area contributed by atoms with Gasteiger partial charge in [0.1, 0.15) is 0 Å². The van der Waals surface area contributed by atoms with Crippen LogP contribution in [0.3, 0.4) is 0 Å². The van der Waals surface area contributed by atoms with Crippen LogP contribution in [0.4, 0.5) is 0 Å². The van der Waals surface area contributed by atoms with Gasteiger partial charge < -0.3 is 15.5 Å². The van der Waals surface area contributed by atoms with Gasteiger partial charge in [-0.3, -0.25) is 4.90 Å². The SMILES string of the molecule is CCCC(C)(CNCC(C)C)CN1CC(O)C(O)C1. The third-order valence-electron chi connectivity index (χ3n) is 3.90. The van der Waals surface area contributed by atoms with Crippen molar-refractivity contribution in [2.45, 2.75) is 52.7 Å². The third kappa shape index (κ3) is 5.78. The molecule has 19 heavy (non-hydrogen) atoms. The summed E-state index contributed by atoms with van der Waals surface area (Å²) in [5.41, 5.74) is 0.216. The molecule has 1 aliphatic rings. The van der Waals surface area contributed by atoms with Crippen LogP contribution in [-0.4, -0.2) is 60.0 Å². The van der Waals surface area contributed by atoms with E-state index < -0.39 is 12.2 Å². The number of nitrogens with one attached hydrogen (secondary N) is 1. The van der Waals surface area contributed by atoms with E-state index in [1.54, 1.807) is 0 Å². The van der Waals surface area contributed by atoms with Crippen molar-refractivity contribution in [1.29, 1.82) is 0 Å². The molecule has 3 atom stereocenters. The molecule has 1 rings (SSSR count). The zero-order valence-electron chi connectivity index (χ0n) is 13.0. The average Bonchev–Trinajstić information content (AvgIpc) is 2.56. The van der Waals surface area contributed by atoms with E-state index in [0.717, 1.165) is 19.6 Å². The lowest BCUT2D eigenvalue weighted by molar-refractivity contribution is 0.0572. The molecular weight excluding hydrogens is 240 g/mol. The molecule has 3 N–H and O–H groups in total. The Morgan fingerprint density at radius 2 is 1.84 bits per heavy atom. The van der Waals surface area contributed by atoms with E-state index in [9.17, 15) is 10.2 Å². The number of aliphatic hydroxyl groups is 2. The van der Waals surface area contributed by atoms with Crippen molar-refractivity contribution in [1.82, 2.24) is 10.2 Å². The highest BCUT2D eigenvalue weighted by molar-refractivity contribution is 4.88. The predicted octanol–water partition coefficient (Wildman–Crippen LogP) is 1.08. The second kappa shape index (κ2) is 7.58. The average molecular weight is 272 g/mol. The summed E-state index contributed by atoms with van der Waals surface area (Å²) in [4.78, 5) is 2.20. The first-order valence-electron chi connectivity index (χ1n) is 7.65. The maximum atomic E-state index is 9.64. The monoisotopic (exact) mass is 272 g/mol. The zero-order valence-corrected chi connectivity index (χ0v) is 13.0. The van der Waals surface area contributed by atoms with Gasteiger partial charge in [0.25, 0.3) is 0 Å². The molecule has 0 aromatic rings. The van der Waals surface area contributed by atoms with Crippen LogP contribution in [0.2, 0.25) is 0 Å². The molecule has 114 valence electrons. The highest BCUT2D eigenvalue weighted by atomic mass is 16.3. The molecule has 1 heterocycles. The lowest BCUT2D eigenvalue weighted by Gasteiger charge is -2.34. The summed E-state index contributed by atoms with van der Waals surface area (Å²) in [5, 5.41) is 22.8. The summed E-state index contributed by atoms with van der Waals surface area (Å²) < 4.78 is 0. The number of aliphatic hydroxyl groups excluding tert-OH is 2. The minimum absolute atomic E-state index is 0.216.